The van der Waals surface area contributed by atoms with Crippen LogP contribution in [0.25, 0.3) is 11.0 Å². The van der Waals surface area contributed by atoms with Crippen molar-refractivity contribution in [3.8, 4) is 11.8 Å². The van der Waals surface area contributed by atoms with Gasteiger partial charge < -0.3 is 20.1 Å². The normalized spacial score (nSPS) is 14.6. The molecule has 3 aromatic carbocycles. The molecular formula is C31H31N5O3. The molecule has 1 aliphatic rings. The van der Waals surface area contributed by atoms with E-state index in [1.165, 1.54) is 5.56 Å². The Bertz CT molecular complexity index is 1550. The van der Waals surface area contributed by atoms with Crippen LogP contribution in [0.5, 0.6) is 5.75 Å². The lowest BCUT2D eigenvalue weighted by molar-refractivity contribution is 0.0698. The first kappa shape index (κ1) is 26.0. The number of aromatic carboxylic acids is 1. The largest absolute Gasteiger partial charge is 0.497 e. The lowest BCUT2D eigenvalue weighted by Crippen LogP contribution is -2.34. The quantitative estimate of drug-likeness (QED) is 0.301. The molecule has 0 aliphatic carbocycles. The second-order valence-electron chi connectivity index (χ2n) is 9.98. The van der Waals surface area contributed by atoms with Gasteiger partial charge in [0.05, 0.1) is 29.7 Å². The number of anilines is 2. The number of nitrogens with zero attached hydrogens (tertiary/aromatic N) is 4. The average Bonchev–Trinajstić information content (AvgIpc) is 2.96. The van der Waals surface area contributed by atoms with Gasteiger partial charge in [0.25, 0.3) is 0 Å². The number of piperidine rings is 1. The highest BCUT2D eigenvalue weighted by Gasteiger charge is 2.25. The van der Waals surface area contributed by atoms with Crippen molar-refractivity contribution in [1.29, 1.82) is 5.26 Å². The van der Waals surface area contributed by atoms with Crippen molar-refractivity contribution in [3.05, 3.63) is 88.6 Å². The van der Waals surface area contributed by atoms with Crippen LogP contribution in [0.4, 0.5) is 11.5 Å². The summed E-state index contributed by atoms with van der Waals surface area (Å²) in [6.07, 6.45) is 1.89. The Kier molecular flexibility index (Phi) is 7.33. The predicted molar refractivity (Wildman–Crippen MR) is 152 cm³/mol. The number of rotatable bonds is 7. The number of hydrogen-bond acceptors (Lipinski definition) is 7. The monoisotopic (exact) mass is 521 g/mol. The first-order chi connectivity index (χ1) is 18.9. The number of hydrogen-bond donors (Lipinski definition) is 2. The Morgan fingerprint density at radius 1 is 1.13 bits per heavy atom. The number of aryl methyl sites for hydroxylation is 1. The molecule has 1 aromatic heterocycles. The van der Waals surface area contributed by atoms with Crippen LogP contribution in [0, 0.1) is 18.3 Å². The zero-order valence-corrected chi connectivity index (χ0v) is 22.3. The fourth-order valence-corrected chi connectivity index (χ4v) is 5.36. The zero-order valence-electron chi connectivity index (χ0n) is 22.3. The molecule has 1 saturated heterocycles. The molecule has 0 unspecified atom stereocenters. The fraction of sp³-hybridized carbons (Fsp3) is 0.290. The average molecular weight is 522 g/mol. The predicted octanol–water partition coefficient (Wildman–Crippen LogP) is 6.07. The zero-order chi connectivity index (χ0) is 27.5. The van der Waals surface area contributed by atoms with E-state index in [0.717, 1.165) is 42.8 Å². The molecule has 5 rings (SSSR count). The molecule has 198 valence electrons. The summed E-state index contributed by atoms with van der Waals surface area (Å²) in [5, 5.41) is 22.9. The van der Waals surface area contributed by atoms with Gasteiger partial charge in [-0.15, -0.1) is 0 Å². The molecule has 8 nitrogen and oxygen atoms in total. The van der Waals surface area contributed by atoms with Gasteiger partial charge in [0, 0.05) is 24.3 Å². The molecule has 2 heterocycles. The molecule has 1 fully saturated rings. The number of nitriles is 1. The van der Waals surface area contributed by atoms with Gasteiger partial charge in [-0.05, 0) is 74.1 Å². The van der Waals surface area contributed by atoms with E-state index < -0.39 is 5.97 Å². The maximum Gasteiger partial charge on any atom is 0.337 e. The number of nitrogens with one attached hydrogen (secondary N) is 1. The van der Waals surface area contributed by atoms with Gasteiger partial charge in [0.1, 0.15) is 11.8 Å². The number of benzene rings is 3. The molecule has 0 amide bonds. The third kappa shape index (κ3) is 5.34. The molecule has 0 bridgehead atoms. The molecule has 0 saturated carbocycles. The highest BCUT2D eigenvalue weighted by molar-refractivity contribution is 5.94. The summed E-state index contributed by atoms with van der Waals surface area (Å²) in [6.45, 7) is 5.50. The first-order valence-corrected chi connectivity index (χ1v) is 13.1. The third-order valence-electron chi connectivity index (χ3n) is 7.41. The number of carbonyl (C=O) groups is 1. The molecule has 39 heavy (non-hydrogen) atoms. The summed E-state index contributed by atoms with van der Waals surface area (Å²) in [6, 6.07) is 21.1. The highest BCUT2D eigenvalue weighted by atomic mass is 16.5. The number of methoxy groups -OCH3 is 1. The summed E-state index contributed by atoms with van der Waals surface area (Å²) in [5.74, 6) is 0.893. The Morgan fingerprint density at radius 3 is 2.51 bits per heavy atom. The van der Waals surface area contributed by atoms with Crippen molar-refractivity contribution in [3.63, 3.8) is 0 Å². The standard InChI is InChI=1S/C31H31N5O3/c1-19-16-25(20(2)33-26-7-5-4-6-24(26)31(37)38)29-27(17-19)34-28(18-32)30(35-29)36-14-12-22(13-15-36)21-8-10-23(39-3)11-9-21/h4-11,16-17,20,22,33H,12-15H2,1-3H3,(H,37,38)/t20-/m1/s1. The molecule has 1 aliphatic heterocycles. The Morgan fingerprint density at radius 2 is 1.85 bits per heavy atom. The Labute approximate surface area is 227 Å². The van der Waals surface area contributed by atoms with E-state index in [1.54, 1.807) is 25.3 Å². The first-order valence-electron chi connectivity index (χ1n) is 13.1. The molecule has 1 atom stereocenters. The second kappa shape index (κ2) is 11.0. The number of ether oxygens (including phenoxy) is 1. The van der Waals surface area contributed by atoms with E-state index in [2.05, 4.69) is 28.4 Å². The Hall–Kier alpha value is -4.64. The lowest BCUT2D eigenvalue weighted by Gasteiger charge is -2.33. The lowest BCUT2D eigenvalue weighted by atomic mass is 9.89. The van der Waals surface area contributed by atoms with Crippen molar-refractivity contribution in [2.75, 3.05) is 30.4 Å². The summed E-state index contributed by atoms with van der Waals surface area (Å²) in [5.41, 5.74) is 5.60. The number of para-hydroxylation sites is 1. The summed E-state index contributed by atoms with van der Waals surface area (Å²) >= 11 is 0. The fourth-order valence-electron chi connectivity index (χ4n) is 5.36. The number of fused-ring (bicyclic) bond motifs is 1. The van der Waals surface area contributed by atoms with Crippen LogP contribution in [0.2, 0.25) is 0 Å². The maximum atomic E-state index is 11.7. The van der Waals surface area contributed by atoms with Gasteiger partial charge in [-0.25, -0.2) is 14.8 Å². The van der Waals surface area contributed by atoms with Crippen molar-refractivity contribution in [2.24, 2.45) is 0 Å². The molecule has 0 radical (unpaired) electrons. The van der Waals surface area contributed by atoms with Gasteiger partial charge in [-0.3, -0.25) is 0 Å². The topological polar surface area (TPSA) is 111 Å². The molecular weight excluding hydrogens is 490 g/mol. The second-order valence-corrected chi connectivity index (χ2v) is 9.98. The van der Waals surface area contributed by atoms with Gasteiger partial charge in [-0.2, -0.15) is 5.26 Å². The summed E-state index contributed by atoms with van der Waals surface area (Å²) < 4.78 is 5.29. The van der Waals surface area contributed by atoms with Crippen LogP contribution in [-0.2, 0) is 0 Å². The van der Waals surface area contributed by atoms with Crippen molar-refractivity contribution in [2.45, 2.75) is 38.6 Å². The third-order valence-corrected chi connectivity index (χ3v) is 7.41. The number of aromatic nitrogens is 2. The van der Waals surface area contributed by atoms with Crippen molar-refractivity contribution < 1.29 is 14.6 Å². The van der Waals surface area contributed by atoms with Crippen LogP contribution >= 0.6 is 0 Å². The van der Waals surface area contributed by atoms with E-state index in [-0.39, 0.29) is 11.6 Å². The van der Waals surface area contributed by atoms with Gasteiger partial charge >= 0.3 is 5.97 Å². The minimum atomic E-state index is -0.988. The van der Waals surface area contributed by atoms with E-state index >= 15 is 0 Å². The summed E-state index contributed by atoms with van der Waals surface area (Å²) in [7, 11) is 1.67. The molecule has 4 aromatic rings. The van der Waals surface area contributed by atoms with Crippen LogP contribution in [0.15, 0.2) is 60.7 Å². The van der Waals surface area contributed by atoms with Crippen molar-refractivity contribution >= 4 is 28.5 Å². The van der Waals surface area contributed by atoms with Gasteiger partial charge in [-0.1, -0.05) is 30.3 Å². The van der Waals surface area contributed by atoms with Crippen LogP contribution in [0.1, 0.15) is 64.5 Å². The molecule has 8 heteroatoms. The highest BCUT2D eigenvalue weighted by Crippen LogP contribution is 2.34. The van der Waals surface area contributed by atoms with Crippen molar-refractivity contribution in [1.82, 2.24) is 9.97 Å². The molecule has 0 spiro atoms. The molecule has 2 N–H and O–H groups in total. The minimum Gasteiger partial charge on any atom is -0.497 e. The van der Waals surface area contributed by atoms with Gasteiger partial charge in [0.2, 0.25) is 0 Å². The minimum absolute atomic E-state index is 0.208. The maximum absolute atomic E-state index is 11.7. The van der Waals surface area contributed by atoms with Crippen LogP contribution in [-0.4, -0.2) is 41.2 Å². The number of carboxylic acids is 1. The van der Waals surface area contributed by atoms with Crippen LogP contribution < -0.4 is 15.0 Å². The van der Waals surface area contributed by atoms with E-state index in [1.807, 2.05) is 44.2 Å². The number of carboxylic acid groups (broad SMARTS) is 1. The Balaban J connectivity index is 1.45. The smallest absolute Gasteiger partial charge is 0.337 e. The van der Waals surface area contributed by atoms with E-state index in [0.29, 0.717) is 34.2 Å². The van der Waals surface area contributed by atoms with E-state index in [9.17, 15) is 15.2 Å². The SMILES string of the molecule is COc1ccc(C2CCN(c3nc4c([C@@H](C)Nc5ccccc5C(=O)O)cc(C)cc4nc3C#N)CC2)cc1. The van der Waals surface area contributed by atoms with Crippen LogP contribution in [0.3, 0.4) is 0 Å². The summed E-state index contributed by atoms with van der Waals surface area (Å²) in [4.78, 5) is 23.6. The van der Waals surface area contributed by atoms with Gasteiger partial charge in [0.15, 0.2) is 11.5 Å². The van der Waals surface area contributed by atoms with E-state index in [4.69, 9.17) is 14.7 Å².